The SMILES string of the molecule is O=C(c1ccccc1)N1CC(=O)N2CCc3cc(F)ccc3C2C1. The van der Waals surface area contributed by atoms with Crippen LogP contribution < -0.4 is 0 Å². The zero-order valence-corrected chi connectivity index (χ0v) is 13.1. The third-order valence-corrected chi connectivity index (χ3v) is 4.81. The van der Waals surface area contributed by atoms with Crippen LogP contribution in [0, 0.1) is 5.82 Å². The van der Waals surface area contributed by atoms with Crippen LogP contribution in [-0.2, 0) is 11.2 Å². The standard InChI is InChI=1S/C19H17FN2O2/c20-15-6-7-16-14(10-15)8-9-22-17(16)11-21(12-18(22)23)19(24)13-4-2-1-3-5-13/h1-7,10,17H,8-9,11-12H2. The number of halogens is 1. The van der Waals surface area contributed by atoms with Gasteiger partial charge >= 0.3 is 0 Å². The van der Waals surface area contributed by atoms with Crippen molar-refractivity contribution in [2.24, 2.45) is 0 Å². The first-order valence-corrected chi connectivity index (χ1v) is 8.05. The molecule has 2 aliphatic rings. The van der Waals surface area contributed by atoms with Gasteiger partial charge < -0.3 is 9.80 Å². The number of nitrogens with zero attached hydrogens (tertiary/aromatic N) is 2. The van der Waals surface area contributed by atoms with E-state index in [1.165, 1.54) is 12.1 Å². The molecule has 1 unspecified atom stereocenters. The molecule has 4 nitrogen and oxygen atoms in total. The third kappa shape index (κ3) is 2.46. The lowest BCUT2D eigenvalue weighted by Gasteiger charge is -2.44. The average Bonchev–Trinajstić information content (AvgIpc) is 2.61. The van der Waals surface area contributed by atoms with Crippen LogP contribution in [0.2, 0.25) is 0 Å². The van der Waals surface area contributed by atoms with Gasteiger partial charge in [0.25, 0.3) is 5.91 Å². The van der Waals surface area contributed by atoms with Gasteiger partial charge in [0.15, 0.2) is 0 Å². The van der Waals surface area contributed by atoms with Crippen molar-refractivity contribution in [3.63, 3.8) is 0 Å². The van der Waals surface area contributed by atoms with Gasteiger partial charge in [-0.1, -0.05) is 24.3 Å². The fourth-order valence-electron chi connectivity index (χ4n) is 3.62. The predicted molar refractivity (Wildman–Crippen MR) is 86.9 cm³/mol. The molecule has 2 aliphatic heterocycles. The van der Waals surface area contributed by atoms with Crippen molar-refractivity contribution in [2.75, 3.05) is 19.6 Å². The molecule has 0 N–H and O–H groups in total. The second-order valence-electron chi connectivity index (χ2n) is 6.25. The maximum absolute atomic E-state index is 13.5. The molecule has 0 spiro atoms. The van der Waals surface area contributed by atoms with E-state index in [1.54, 1.807) is 23.1 Å². The number of carbonyl (C=O) groups is 2. The number of benzene rings is 2. The second-order valence-corrected chi connectivity index (χ2v) is 6.25. The summed E-state index contributed by atoms with van der Waals surface area (Å²) in [5.41, 5.74) is 2.45. The first kappa shape index (κ1) is 14.9. The molecule has 0 aromatic heterocycles. The lowest BCUT2D eigenvalue weighted by Crippen LogP contribution is -2.55. The minimum absolute atomic E-state index is 0.0505. The Bertz CT molecular complexity index is 806. The first-order valence-electron chi connectivity index (χ1n) is 8.05. The molecule has 0 bridgehead atoms. The van der Waals surface area contributed by atoms with Gasteiger partial charge in [-0.05, 0) is 41.8 Å². The normalized spacial score (nSPS) is 19.7. The molecule has 2 aromatic rings. The predicted octanol–water partition coefficient (Wildman–Crippen LogP) is 2.41. The highest BCUT2D eigenvalue weighted by Gasteiger charge is 2.38. The minimum Gasteiger partial charge on any atom is -0.332 e. The molecule has 122 valence electrons. The van der Waals surface area contributed by atoms with Crippen LogP contribution in [0.3, 0.4) is 0 Å². The molecular weight excluding hydrogens is 307 g/mol. The number of piperazine rings is 1. The Morgan fingerprint density at radius 2 is 1.92 bits per heavy atom. The number of amides is 2. The highest BCUT2D eigenvalue weighted by Crippen LogP contribution is 2.33. The van der Waals surface area contributed by atoms with Gasteiger partial charge in [-0.2, -0.15) is 0 Å². The molecule has 0 radical (unpaired) electrons. The average molecular weight is 324 g/mol. The minimum atomic E-state index is -0.262. The Balaban J connectivity index is 1.65. The zero-order chi connectivity index (χ0) is 16.7. The molecular formula is C19H17FN2O2. The van der Waals surface area contributed by atoms with Gasteiger partial charge in [0.2, 0.25) is 5.91 Å². The molecule has 5 heteroatoms. The van der Waals surface area contributed by atoms with Gasteiger partial charge in [0.1, 0.15) is 12.4 Å². The van der Waals surface area contributed by atoms with Crippen molar-refractivity contribution in [2.45, 2.75) is 12.5 Å². The van der Waals surface area contributed by atoms with Crippen molar-refractivity contribution in [1.29, 1.82) is 0 Å². The summed E-state index contributed by atoms with van der Waals surface area (Å²) in [5, 5.41) is 0. The zero-order valence-electron chi connectivity index (χ0n) is 13.1. The summed E-state index contributed by atoms with van der Waals surface area (Å²) in [6, 6.07) is 13.5. The Morgan fingerprint density at radius 3 is 2.71 bits per heavy atom. The molecule has 2 heterocycles. The molecule has 1 fully saturated rings. The maximum Gasteiger partial charge on any atom is 0.254 e. The van der Waals surface area contributed by atoms with Crippen molar-refractivity contribution in [3.8, 4) is 0 Å². The summed E-state index contributed by atoms with van der Waals surface area (Å²) in [5.74, 6) is -0.454. The maximum atomic E-state index is 13.5. The van der Waals surface area contributed by atoms with Crippen LogP contribution >= 0.6 is 0 Å². The quantitative estimate of drug-likeness (QED) is 0.808. The molecule has 2 amide bonds. The van der Waals surface area contributed by atoms with E-state index in [0.717, 1.165) is 11.1 Å². The summed E-state index contributed by atoms with van der Waals surface area (Å²) in [6.07, 6.45) is 0.655. The number of rotatable bonds is 1. The van der Waals surface area contributed by atoms with E-state index < -0.39 is 0 Å². The smallest absolute Gasteiger partial charge is 0.254 e. The summed E-state index contributed by atoms with van der Waals surface area (Å²) < 4.78 is 13.5. The van der Waals surface area contributed by atoms with Gasteiger partial charge in [-0.3, -0.25) is 9.59 Å². The fourth-order valence-corrected chi connectivity index (χ4v) is 3.62. The van der Waals surface area contributed by atoms with Gasteiger partial charge in [0, 0.05) is 18.7 Å². The molecule has 24 heavy (non-hydrogen) atoms. The monoisotopic (exact) mass is 324 g/mol. The molecule has 4 rings (SSSR count). The third-order valence-electron chi connectivity index (χ3n) is 4.81. The lowest BCUT2D eigenvalue weighted by molar-refractivity contribution is -0.139. The van der Waals surface area contributed by atoms with Gasteiger partial charge in [0.05, 0.1) is 6.04 Å². The van der Waals surface area contributed by atoms with Crippen LogP contribution in [0.15, 0.2) is 48.5 Å². The number of carbonyl (C=O) groups excluding carboxylic acids is 2. The van der Waals surface area contributed by atoms with E-state index in [-0.39, 0.29) is 30.2 Å². The summed E-state index contributed by atoms with van der Waals surface area (Å²) in [6.45, 7) is 1.12. The van der Waals surface area contributed by atoms with E-state index in [2.05, 4.69) is 0 Å². The largest absolute Gasteiger partial charge is 0.332 e. The first-order chi connectivity index (χ1) is 11.6. The Kier molecular flexibility index (Phi) is 3.56. The Labute approximate surface area is 139 Å². The topological polar surface area (TPSA) is 40.6 Å². The van der Waals surface area contributed by atoms with Gasteiger partial charge in [-0.15, -0.1) is 0 Å². The van der Waals surface area contributed by atoms with E-state index in [9.17, 15) is 14.0 Å². The van der Waals surface area contributed by atoms with Crippen LogP contribution in [0.25, 0.3) is 0 Å². The van der Waals surface area contributed by atoms with Crippen LogP contribution in [0.1, 0.15) is 27.5 Å². The van der Waals surface area contributed by atoms with Crippen molar-refractivity contribution >= 4 is 11.8 Å². The number of hydrogen-bond donors (Lipinski definition) is 0. The van der Waals surface area contributed by atoms with E-state index in [0.29, 0.717) is 25.1 Å². The second kappa shape index (κ2) is 5.74. The Morgan fingerprint density at radius 1 is 1.12 bits per heavy atom. The van der Waals surface area contributed by atoms with E-state index >= 15 is 0 Å². The van der Waals surface area contributed by atoms with Crippen LogP contribution in [0.5, 0.6) is 0 Å². The fraction of sp³-hybridized carbons (Fsp3) is 0.263. The Hall–Kier alpha value is -2.69. The van der Waals surface area contributed by atoms with Crippen LogP contribution in [0.4, 0.5) is 4.39 Å². The summed E-state index contributed by atoms with van der Waals surface area (Å²) in [4.78, 5) is 28.6. The molecule has 0 aliphatic carbocycles. The lowest BCUT2D eigenvalue weighted by atomic mass is 9.90. The highest BCUT2D eigenvalue weighted by molar-refractivity contribution is 5.97. The van der Waals surface area contributed by atoms with Crippen molar-refractivity contribution in [1.82, 2.24) is 9.80 Å². The number of fused-ring (bicyclic) bond motifs is 3. The van der Waals surface area contributed by atoms with E-state index in [1.807, 2.05) is 23.1 Å². The summed E-state index contributed by atoms with van der Waals surface area (Å²) in [7, 11) is 0. The van der Waals surface area contributed by atoms with Gasteiger partial charge in [-0.25, -0.2) is 4.39 Å². The highest BCUT2D eigenvalue weighted by atomic mass is 19.1. The van der Waals surface area contributed by atoms with Crippen molar-refractivity contribution in [3.05, 3.63) is 71.0 Å². The molecule has 0 saturated carbocycles. The molecule has 2 aromatic carbocycles. The number of hydrogen-bond acceptors (Lipinski definition) is 2. The van der Waals surface area contributed by atoms with Crippen molar-refractivity contribution < 1.29 is 14.0 Å². The molecule has 1 atom stereocenters. The van der Waals surface area contributed by atoms with Crippen LogP contribution in [-0.4, -0.2) is 41.2 Å². The summed E-state index contributed by atoms with van der Waals surface area (Å²) >= 11 is 0. The molecule has 1 saturated heterocycles. The van der Waals surface area contributed by atoms with E-state index in [4.69, 9.17) is 0 Å².